The van der Waals surface area contributed by atoms with Crippen LogP contribution in [0.25, 0.3) is 6.08 Å². The minimum absolute atomic E-state index is 0.0830. The number of amides is 2. The van der Waals surface area contributed by atoms with Crippen LogP contribution in [0.5, 0.6) is 11.5 Å². The molecule has 0 saturated heterocycles. The predicted molar refractivity (Wildman–Crippen MR) is 132 cm³/mol. The third kappa shape index (κ3) is 7.44. The molecule has 2 N–H and O–H groups in total. The molecule has 8 heteroatoms. The molecule has 0 aromatic heterocycles. The van der Waals surface area contributed by atoms with E-state index < -0.39 is 17.6 Å². The zero-order chi connectivity index (χ0) is 25.2. The van der Waals surface area contributed by atoms with Crippen LogP contribution in [0.2, 0.25) is 0 Å². The summed E-state index contributed by atoms with van der Waals surface area (Å²) in [5, 5.41) is 14.8. The van der Waals surface area contributed by atoms with Crippen LogP contribution < -0.4 is 20.1 Å². The van der Waals surface area contributed by atoms with Gasteiger partial charge in [-0.2, -0.15) is 5.26 Å². The van der Waals surface area contributed by atoms with Crippen LogP contribution in [0.4, 0.5) is 15.8 Å². The van der Waals surface area contributed by atoms with E-state index in [2.05, 4.69) is 10.6 Å². The van der Waals surface area contributed by atoms with E-state index in [4.69, 9.17) is 9.47 Å². The summed E-state index contributed by atoms with van der Waals surface area (Å²) in [5.74, 6) is -0.690. The lowest BCUT2D eigenvalue weighted by Crippen LogP contribution is -2.20. The van der Waals surface area contributed by atoms with Crippen molar-refractivity contribution in [1.29, 1.82) is 5.26 Å². The Hall–Kier alpha value is -4.64. The molecule has 0 aliphatic carbocycles. The summed E-state index contributed by atoms with van der Waals surface area (Å²) in [6, 6.07) is 19.4. The number of hydrogen-bond donors (Lipinski definition) is 2. The van der Waals surface area contributed by atoms with Crippen LogP contribution in [0.3, 0.4) is 0 Å². The van der Waals surface area contributed by atoms with Gasteiger partial charge >= 0.3 is 0 Å². The van der Waals surface area contributed by atoms with Gasteiger partial charge in [-0.05, 0) is 74.0 Å². The van der Waals surface area contributed by atoms with Gasteiger partial charge in [-0.1, -0.05) is 23.8 Å². The lowest BCUT2D eigenvalue weighted by atomic mass is 10.1. The third-order valence-electron chi connectivity index (χ3n) is 4.74. The number of aryl methyl sites for hydroxylation is 1. The van der Waals surface area contributed by atoms with Crippen molar-refractivity contribution in [3.8, 4) is 17.6 Å². The number of benzene rings is 3. The van der Waals surface area contributed by atoms with Gasteiger partial charge in [0.05, 0.1) is 6.61 Å². The molecule has 0 radical (unpaired) electrons. The summed E-state index contributed by atoms with van der Waals surface area (Å²) in [7, 11) is 0. The maximum Gasteiger partial charge on any atom is 0.266 e. The molecule has 0 fully saturated rings. The van der Waals surface area contributed by atoms with Crippen LogP contribution in [0, 0.1) is 24.1 Å². The monoisotopic (exact) mass is 473 g/mol. The van der Waals surface area contributed by atoms with E-state index in [1.165, 1.54) is 30.3 Å². The van der Waals surface area contributed by atoms with Crippen LogP contribution in [-0.4, -0.2) is 25.0 Å². The fraction of sp³-hybridized carbons (Fsp3) is 0.148. The second kappa shape index (κ2) is 12.0. The molecule has 0 atom stereocenters. The fourth-order valence-corrected chi connectivity index (χ4v) is 3.03. The number of carbonyl (C=O) groups is 2. The van der Waals surface area contributed by atoms with Gasteiger partial charge in [0.2, 0.25) is 0 Å². The van der Waals surface area contributed by atoms with Crippen LogP contribution in [0.15, 0.2) is 72.3 Å². The van der Waals surface area contributed by atoms with Crippen molar-refractivity contribution >= 4 is 29.3 Å². The molecule has 3 rings (SSSR count). The maximum absolute atomic E-state index is 13.0. The first-order valence-corrected chi connectivity index (χ1v) is 10.8. The molecule has 0 heterocycles. The van der Waals surface area contributed by atoms with E-state index in [1.807, 2.05) is 25.1 Å². The highest BCUT2D eigenvalue weighted by Crippen LogP contribution is 2.29. The molecule has 0 aliphatic heterocycles. The molecule has 2 amide bonds. The average Bonchev–Trinajstić information content (AvgIpc) is 2.85. The highest BCUT2D eigenvalue weighted by atomic mass is 19.1. The fourth-order valence-electron chi connectivity index (χ4n) is 3.03. The van der Waals surface area contributed by atoms with E-state index in [1.54, 1.807) is 37.3 Å². The van der Waals surface area contributed by atoms with Crippen molar-refractivity contribution in [1.82, 2.24) is 0 Å². The largest absolute Gasteiger partial charge is 0.490 e. The van der Waals surface area contributed by atoms with Crippen LogP contribution in [-0.2, 0) is 9.59 Å². The molecule has 35 heavy (non-hydrogen) atoms. The molecule has 0 bridgehead atoms. The number of carbonyl (C=O) groups excluding carboxylic acids is 2. The van der Waals surface area contributed by atoms with Crippen molar-refractivity contribution in [2.45, 2.75) is 13.8 Å². The Morgan fingerprint density at radius 1 is 0.943 bits per heavy atom. The third-order valence-corrected chi connectivity index (χ3v) is 4.74. The van der Waals surface area contributed by atoms with Gasteiger partial charge in [0.25, 0.3) is 11.8 Å². The Bertz CT molecular complexity index is 1260. The van der Waals surface area contributed by atoms with Crippen molar-refractivity contribution in [2.75, 3.05) is 23.8 Å². The second-order valence-corrected chi connectivity index (χ2v) is 7.47. The summed E-state index contributed by atoms with van der Waals surface area (Å²) >= 11 is 0. The zero-order valence-corrected chi connectivity index (χ0v) is 19.3. The van der Waals surface area contributed by atoms with Crippen LogP contribution >= 0.6 is 0 Å². The van der Waals surface area contributed by atoms with E-state index in [-0.39, 0.29) is 12.2 Å². The van der Waals surface area contributed by atoms with Gasteiger partial charge in [-0.25, -0.2) is 4.39 Å². The molecule has 3 aromatic rings. The highest BCUT2D eigenvalue weighted by molar-refractivity contribution is 6.09. The zero-order valence-electron chi connectivity index (χ0n) is 19.3. The Morgan fingerprint density at radius 3 is 2.26 bits per heavy atom. The normalized spacial score (nSPS) is 10.7. The molecule has 3 aromatic carbocycles. The number of rotatable bonds is 9. The first-order valence-electron chi connectivity index (χ1n) is 10.8. The predicted octanol–water partition coefficient (Wildman–Crippen LogP) is 5.10. The Morgan fingerprint density at radius 2 is 1.60 bits per heavy atom. The number of anilines is 2. The first kappa shape index (κ1) is 25.0. The topological polar surface area (TPSA) is 100 Å². The Balaban J connectivity index is 1.69. The standard InChI is InChI=1S/C27H24FN3O4/c1-3-34-25-15-19(14-20(16-29)27(33)31-23-9-4-18(2)5-10-23)6-13-24(25)35-17-26(32)30-22-11-7-21(28)8-12-22/h4-15H,3,17H2,1-2H3,(H,30,32)(H,31,33)/b20-14-. The van der Waals surface area contributed by atoms with Gasteiger partial charge in [-0.3, -0.25) is 9.59 Å². The van der Waals surface area contributed by atoms with E-state index in [0.717, 1.165) is 5.56 Å². The molecule has 178 valence electrons. The first-order chi connectivity index (χ1) is 16.9. The number of nitriles is 1. The number of nitrogens with zero attached hydrogens (tertiary/aromatic N) is 1. The lowest BCUT2D eigenvalue weighted by Gasteiger charge is -2.13. The van der Waals surface area contributed by atoms with E-state index >= 15 is 0 Å². The number of halogens is 1. The minimum Gasteiger partial charge on any atom is -0.490 e. The lowest BCUT2D eigenvalue weighted by molar-refractivity contribution is -0.118. The minimum atomic E-state index is -0.535. The molecular weight excluding hydrogens is 449 g/mol. The van der Waals surface area contributed by atoms with Gasteiger partial charge in [-0.15, -0.1) is 0 Å². The smallest absolute Gasteiger partial charge is 0.266 e. The average molecular weight is 474 g/mol. The number of nitrogens with one attached hydrogen (secondary N) is 2. The molecule has 0 aliphatic rings. The van der Waals surface area contributed by atoms with E-state index in [9.17, 15) is 19.2 Å². The Labute approximate surface area is 202 Å². The summed E-state index contributed by atoms with van der Waals surface area (Å²) in [5.41, 5.74) is 2.54. The van der Waals surface area contributed by atoms with Crippen LogP contribution in [0.1, 0.15) is 18.1 Å². The molecule has 7 nitrogen and oxygen atoms in total. The SMILES string of the molecule is CCOc1cc(/C=C(/C#N)C(=O)Nc2ccc(C)cc2)ccc1OCC(=O)Nc1ccc(F)cc1. The summed E-state index contributed by atoms with van der Waals surface area (Å²) in [6.07, 6.45) is 1.44. The maximum atomic E-state index is 13.0. The second-order valence-electron chi connectivity index (χ2n) is 7.47. The van der Waals surface area contributed by atoms with Gasteiger partial charge in [0, 0.05) is 11.4 Å². The van der Waals surface area contributed by atoms with Gasteiger partial charge in [0.15, 0.2) is 18.1 Å². The van der Waals surface area contributed by atoms with Crippen molar-refractivity contribution in [2.24, 2.45) is 0 Å². The summed E-state index contributed by atoms with van der Waals surface area (Å²) in [6.45, 7) is 3.77. The molecule has 0 unspecified atom stereocenters. The van der Waals surface area contributed by atoms with Crippen molar-refractivity contribution < 1.29 is 23.5 Å². The van der Waals surface area contributed by atoms with Gasteiger partial charge < -0.3 is 20.1 Å². The number of ether oxygens (including phenoxy) is 2. The van der Waals surface area contributed by atoms with Gasteiger partial charge in [0.1, 0.15) is 17.5 Å². The Kier molecular flexibility index (Phi) is 8.57. The van der Waals surface area contributed by atoms with Crippen molar-refractivity contribution in [3.63, 3.8) is 0 Å². The summed E-state index contributed by atoms with van der Waals surface area (Å²) < 4.78 is 24.2. The molecular formula is C27H24FN3O4. The van der Waals surface area contributed by atoms with Crippen molar-refractivity contribution in [3.05, 3.63) is 89.2 Å². The molecule has 0 saturated carbocycles. The highest BCUT2D eigenvalue weighted by Gasteiger charge is 2.13. The quantitative estimate of drug-likeness (QED) is 0.333. The molecule has 0 spiro atoms. The summed E-state index contributed by atoms with van der Waals surface area (Å²) in [4.78, 5) is 24.7. The number of hydrogen-bond acceptors (Lipinski definition) is 5. The van der Waals surface area contributed by atoms with E-state index in [0.29, 0.717) is 35.0 Å².